The molecule has 1 N–H and O–H groups in total. The first kappa shape index (κ1) is 16.8. The van der Waals surface area contributed by atoms with Crippen LogP contribution < -0.4 is 4.74 Å². The quantitative estimate of drug-likeness (QED) is 0.770. The van der Waals surface area contributed by atoms with Crippen molar-refractivity contribution in [1.82, 2.24) is 4.90 Å². The van der Waals surface area contributed by atoms with Gasteiger partial charge in [0.05, 0.1) is 11.6 Å². The van der Waals surface area contributed by atoms with Crippen molar-refractivity contribution in [3.05, 3.63) is 65.2 Å². The molecule has 0 unspecified atom stereocenters. The van der Waals surface area contributed by atoms with Gasteiger partial charge in [-0.2, -0.15) is 0 Å². The van der Waals surface area contributed by atoms with Crippen molar-refractivity contribution in [1.29, 1.82) is 0 Å². The van der Waals surface area contributed by atoms with Gasteiger partial charge in [0.1, 0.15) is 12.4 Å². The number of rotatable bonds is 9. The zero-order valence-corrected chi connectivity index (χ0v) is 13.4. The van der Waals surface area contributed by atoms with E-state index in [1.165, 1.54) is 5.56 Å². The topological polar surface area (TPSA) is 32.7 Å². The summed E-state index contributed by atoms with van der Waals surface area (Å²) in [4.78, 5) is 2.20. The normalized spacial score (nSPS) is 10.9. The van der Waals surface area contributed by atoms with Gasteiger partial charge in [0.25, 0.3) is 0 Å². The first-order valence-electron chi connectivity index (χ1n) is 7.54. The number of hydrogen-bond acceptors (Lipinski definition) is 3. The molecule has 22 heavy (non-hydrogen) atoms. The van der Waals surface area contributed by atoms with E-state index in [9.17, 15) is 5.11 Å². The van der Waals surface area contributed by atoms with Gasteiger partial charge in [0, 0.05) is 19.6 Å². The Balaban J connectivity index is 1.77. The lowest BCUT2D eigenvalue weighted by Crippen LogP contribution is -2.33. The molecule has 2 aromatic rings. The van der Waals surface area contributed by atoms with Crippen molar-refractivity contribution < 1.29 is 9.84 Å². The Hall–Kier alpha value is -1.55. The molecule has 2 aromatic carbocycles. The highest BCUT2D eigenvalue weighted by atomic mass is 35.5. The SMILES string of the molecule is OCCN(CCOc1ccccc1Cl)CCc1ccccc1. The molecule has 0 aliphatic heterocycles. The lowest BCUT2D eigenvalue weighted by molar-refractivity contribution is 0.169. The van der Waals surface area contributed by atoms with E-state index < -0.39 is 0 Å². The number of nitrogens with zero attached hydrogens (tertiary/aromatic N) is 1. The minimum atomic E-state index is 0.154. The Kier molecular flexibility index (Phi) is 7.23. The highest BCUT2D eigenvalue weighted by molar-refractivity contribution is 6.32. The molecule has 2 rings (SSSR count). The molecule has 0 atom stereocenters. The lowest BCUT2D eigenvalue weighted by Gasteiger charge is -2.21. The Morgan fingerprint density at radius 1 is 0.909 bits per heavy atom. The fraction of sp³-hybridized carbons (Fsp3) is 0.333. The van der Waals surface area contributed by atoms with E-state index >= 15 is 0 Å². The summed E-state index contributed by atoms with van der Waals surface area (Å²) in [6.07, 6.45) is 0.965. The zero-order chi connectivity index (χ0) is 15.6. The molecule has 4 heteroatoms. The van der Waals surface area contributed by atoms with Crippen molar-refractivity contribution in [2.24, 2.45) is 0 Å². The summed E-state index contributed by atoms with van der Waals surface area (Å²) in [5.41, 5.74) is 1.30. The number of para-hydroxylation sites is 1. The van der Waals surface area contributed by atoms with Crippen molar-refractivity contribution in [3.63, 3.8) is 0 Å². The molecule has 0 bridgehead atoms. The van der Waals surface area contributed by atoms with Gasteiger partial charge in [-0.1, -0.05) is 54.1 Å². The molecule has 0 aromatic heterocycles. The Labute approximate surface area is 137 Å². The van der Waals surface area contributed by atoms with Crippen molar-refractivity contribution in [2.75, 3.05) is 32.8 Å². The van der Waals surface area contributed by atoms with Gasteiger partial charge in [-0.15, -0.1) is 0 Å². The molecule has 0 spiro atoms. The van der Waals surface area contributed by atoms with Crippen LogP contribution in [0.2, 0.25) is 5.02 Å². The second-order valence-electron chi connectivity index (χ2n) is 5.08. The number of benzene rings is 2. The van der Waals surface area contributed by atoms with Crippen molar-refractivity contribution >= 4 is 11.6 Å². The minimum Gasteiger partial charge on any atom is -0.491 e. The van der Waals surface area contributed by atoms with E-state index in [1.54, 1.807) is 0 Å². The summed E-state index contributed by atoms with van der Waals surface area (Å²) in [5.74, 6) is 0.705. The molecule has 0 aliphatic rings. The van der Waals surface area contributed by atoms with Crippen LogP contribution in [0, 0.1) is 0 Å². The van der Waals surface area contributed by atoms with Crippen LogP contribution in [0.25, 0.3) is 0 Å². The molecular weight excluding hydrogens is 298 g/mol. The fourth-order valence-electron chi connectivity index (χ4n) is 2.26. The fourth-order valence-corrected chi connectivity index (χ4v) is 2.45. The highest BCUT2D eigenvalue weighted by Crippen LogP contribution is 2.22. The second-order valence-corrected chi connectivity index (χ2v) is 5.49. The van der Waals surface area contributed by atoms with Gasteiger partial charge < -0.3 is 9.84 Å². The molecule has 0 fully saturated rings. The summed E-state index contributed by atoms with van der Waals surface area (Å²) in [6.45, 7) is 3.02. The van der Waals surface area contributed by atoms with Crippen LogP contribution in [0.5, 0.6) is 5.75 Å². The predicted molar refractivity (Wildman–Crippen MR) is 90.6 cm³/mol. The third kappa shape index (κ3) is 5.68. The maximum atomic E-state index is 9.19. The molecule has 3 nitrogen and oxygen atoms in total. The second kappa shape index (κ2) is 9.46. The van der Waals surface area contributed by atoms with Crippen molar-refractivity contribution in [3.8, 4) is 5.75 Å². The van der Waals surface area contributed by atoms with Gasteiger partial charge in [-0.25, -0.2) is 0 Å². The maximum absolute atomic E-state index is 9.19. The number of aliphatic hydroxyl groups excluding tert-OH is 1. The number of hydrogen-bond donors (Lipinski definition) is 1. The monoisotopic (exact) mass is 319 g/mol. The van der Waals surface area contributed by atoms with Crippen LogP contribution in [0.4, 0.5) is 0 Å². The number of halogens is 1. The molecule has 0 amide bonds. The Morgan fingerprint density at radius 3 is 2.36 bits per heavy atom. The van der Waals surface area contributed by atoms with Crippen LogP contribution in [-0.4, -0.2) is 42.9 Å². The van der Waals surface area contributed by atoms with Gasteiger partial charge in [-0.3, -0.25) is 4.90 Å². The summed E-state index contributed by atoms with van der Waals surface area (Å²) in [5, 5.41) is 9.82. The smallest absolute Gasteiger partial charge is 0.137 e. The third-order valence-corrected chi connectivity index (χ3v) is 3.79. The highest BCUT2D eigenvalue weighted by Gasteiger charge is 2.06. The van der Waals surface area contributed by atoms with Gasteiger partial charge in [0.2, 0.25) is 0 Å². The summed E-state index contributed by atoms with van der Waals surface area (Å²) < 4.78 is 5.71. The summed E-state index contributed by atoms with van der Waals surface area (Å²) >= 11 is 6.06. The molecular formula is C18H22ClNO2. The lowest BCUT2D eigenvalue weighted by atomic mass is 10.1. The Bertz CT molecular complexity index is 548. The average Bonchev–Trinajstić information content (AvgIpc) is 2.55. The average molecular weight is 320 g/mol. The molecule has 0 aliphatic carbocycles. The zero-order valence-electron chi connectivity index (χ0n) is 12.6. The summed E-state index contributed by atoms with van der Waals surface area (Å²) in [6, 6.07) is 17.8. The van der Waals surface area contributed by atoms with E-state index in [2.05, 4.69) is 17.0 Å². The van der Waals surface area contributed by atoms with E-state index in [4.69, 9.17) is 16.3 Å². The standard InChI is InChI=1S/C18H22ClNO2/c19-17-8-4-5-9-18(17)22-15-13-20(12-14-21)11-10-16-6-2-1-3-7-16/h1-9,21H,10-15H2. The van der Waals surface area contributed by atoms with E-state index in [1.807, 2.05) is 42.5 Å². The van der Waals surface area contributed by atoms with Gasteiger partial charge in [-0.05, 0) is 24.1 Å². The van der Waals surface area contributed by atoms with Crippen LogP contribution >= 0.6 is 11.6 Å². The van der Waals surface area contributed by atoms with Crippen LogP contribution in [0.1, 0.15) is 5.56 Å². The van der Waals surface area contributed by atoms with Gasteiger partial charge >= 0.3 is 0 Å². The van der Waals surface area contributed by atoms with E-state index in [-0.39, 0.29) is 6.61 Å². The number of ether oxygens (including phenoxy) is 1. The van der Waals surface area contributed by atoms with Crippen LogP contribution in [0.15, 0.2) is 54.6 Å². The molecule has 0 saturated heterocycles. The molecule has 118 valence electrons. The largest absolute Gasteiger partial charge is 0.491 e. The first-order valence-corrected chi connectivity index (χ1v) is 7.92. The minimum absolute atomic E-state index is 0.154. The molecule has 0 heterocycles. The van der Waals surface area contributed by atoms with E-state index in [0.29, 0.717) is 23.9 Å². The van der Waals surface area contributed by atoms with Crippen molar-refractivity contribution in [2.45, 2.75) is 6.42 Å². The molecule has 0 radical (unpaired) electrons. The van der Waals surface area contributed by atoms with Crippen LogP contribution in [-0.2, 0) is 6.42 Å². The maximum Gasteiger partial charge on any atom is 0.137 e. The first-order chi connectivity index (χ1) is 10.8. The molecule has 0 saturated carbocycles. The third-order valence-electron chi connectivity index (χ3n) is 3.48. The number of aliphatic hydroxyl groups is 1. The van der Waals surface area contributed by atoms with E-state index in [0.717, 1.165) is 19.5 Å². The van der Waals surface area contributed by atoms with Gasteiger partial charge in [0.15, 0.2) is 0 Å². The summed E-state index contributed by atoms with van der Waals surface area (Å²) in [7, 11) is 0. The Morgan fingerprint density at radius 2 is 1.64 bits per heavy atom. The predicted octanol–water partition coefficient (Wildman–Crippen LogP) is 3.26. The van der Waals surface area contributed by atoms with Crippen LogP contribution in [0.3, 0.4) is 0 Å².